The molecule has 0 amide bonds. The van der Waals surface area contributed by atoms with Gasteiger partial charge in [-0.15, -0.1) is 0 Å². The molecule has 1 aromatic heterocycles. The number of rotatable bonds is 5. The highest BCUT2D eigenvalue weighted by atomic mass is 16.5. The lowest BCUT2D eigenvalue weighted by atomic mass is 10.1. The fourth-order valence-corrected chi connectivity index (χ4v) is 2.25. The van der Waals surface area contributed by atoms with Crippen molar-refractivity contribution >= 4 is 0 Å². The van der Waals surface area contributed by atoms with Gasteiger partial charge in [0, 0.05) is 12.0 Å². The van der Waals surface area contributed by atoms with Crippen LogP contribution in [0.15, 0.2) is 59.1 Å². The average Bonchev–Trinajstić information content (AvgIpc) is 2.97. The Morgan fingerprint density at radius 3 is 2.57 bits per heavy atom. The molecule has 106 valence electrons. The molecule has 21 heavy (non-hydrogen) atoms. The molecule has 0 atom stereocenters. The van der Waals surface area contributed by atoms with Gasteiger partial charge in [-0.2, -0.15) is 4.98 Å². The lowest BCUT2D eigenvalue weighted by Crippen LogP contribution is -2.02. The lowest BCUT2D eigenvalue weighted by Gasteiger charge is -2.00. The molecule has 4 heteroatoms. The third kappa shape index (κ3) is 3.35. The van der Waals surface area contributed by atoms with Crippen LogP contribution >= 0.6 is 0 Å². The van der Waals surface area contributed by atoms with Gasteiger partial charge in [-0.05, 0) is 36.2 Å². The van der Waals surface area contributed by atoms with Crippen LogP contribution in [0.4, 0.5) is 0 Å². The van der Waals surface area contributed by atoms with Gasteiger partial charge >= 0.3 is 0 Å². The van der Waals surface area contributed by atoms with E-state index in [1.807, 2.05) is 36.4 Å². The summed E-state index contributed by atoms with van der Waals surface area (Å²) in [4.78, 5) is 4.47. The summed E-state index contributed by atoms with van der Waals surface area (Å²) in [6.45, 7) is 0.631. The van der Waals surface area contributed by atoms with E-state index in [0.717, 1.165) is 12.0 Å². The van der Waals surface area contributed by atoms with Crippen LogP contribution in [0, 0.1) is 0 Å². The first-order valence-electron chi connectivity index (χ1n) is 7.01. The van der Waals surface area contributed by atoms with Crippen LogP contribution in [0.25, 0.3) is 11.5 Å². The lowest BCUT2D eigenvalue weighted by molar-refractivity contribution is 0.424. The normalized spacial score (nSPS) is 10.7. The number of hydrogen-bond acceptors (Lipinski definition) is 4. The van der Waals surface area contributed by atoms with E-state index in [9.17, 15) is 0 Å². The van der Waals surface area contributed by atoms with Crippen LogP contribution in [0.3, 0.4) is 0 Å². The van der Waals surface area contributed by atoms with Gasteiger partial charge in [0.2, 0.25) is 0 Å². The summed E-state index contributed by atoms with van der Waals surface area (Å²) in [7, 11) is 0. The van der Waals surface area contributed by atoms with Crippen LogP contribution in [0.1, 0.15) is 17.0 Å². The summed E-state index contributed by atoms with van der Waals surface area (Å²) in [6.07, 6.45) is 1.52. The minimum Gasteiger partial charge on any atom is -0.334 e. The Morgan fingerprint density at radius 1 is 0.952 bits per heavy atom. The van der Waals surface area contributed by atoms with E-state index in [4.69, 9.17) is 10.3 Å². The topological polar surface area (TPSA) is 64.9 Å². The number of nitrogens with zero attached hydrogens (tertiary/aromatic N) is 2. The van der Waals surface area contributed by atoms with Gasteiger partial charge in [0.15, 0.2) is 5.82 Å². The van der Waals surface area contributed by atoms with Gasteiger partial charge in [0.1, 0.15) is 0 Å². The fraction of sp³-hybridized carbons (Fsp3) is 0.176. The molecule has 3 aromatic rings. The molecular weight excluding hydrogens is 262 g/mol. The number of benzene rings is 2. The molecule has 4 nitrogen and oxygen atoms in total. The number of nitrogens with two attached hydrogens (primary N) is 1. The molecule has 2 aromatic carbocycles. The predicted molar refractivity (Wildman–Crippen MR) is 81.7 cm³/mol. The van der Waals surface area contributed by atoms with Crippen molar-refractivity contribution in [3.8, 4) is 11.5 Å². The van der Waals surface area contributed by atoms with Crippen molar-refractivity contribution < 1.29 is 4.52 Å². The Labute approximate surface area is 123 Å². The van der Waals surface area contributed by atoms with Gasteiger partial charge in [-0.25, -0.2) is 0 Å². The van der Waals surface area contributed by atoms with Gasteiger partial charge in [-0.3, -0.25) is 0 Å². The van der Waals surface area contributed by atoms with E-state index in [1.165, 1.54) is 11.1 Å². The molecule has 0 aliphatic carbocycles. The smallest absolute Gasteiger partial charge is 0.257 e. The van der Waals surface area contributed by atoms with Crippen molar-refractivity contribution in [1.29, 1.82) is 0 Å². The van der Waals surface area contributed by atoms with Crippen molar-refractivity contribution in [1.82, 2.24) is 10.1 Å². The SMILES string of the molecule is NCCc1cccc(-c2nc(Cc3ccccc3)no2)c1. The Hall–Kier alpha value is -2.46. The Balaban J connectivity index is 1.80. The molecule has 2 N–H and O–H groups in total. The highest BCUT2D eigenvalue weighted by molar-refractivity contribution is 5.54. The first-order valence-corrected chi connectivity index (χ1v) is 7.01. The molecule has 0 aliphatic heterocycles. The summed E-state index contributed by atoms with van der Waals surface area (Å²) < 4.78 is 5.36. The minimum absolute atomic E-state index is 0.555. The Kier molecular flexibility index (Phi) is 4.07. The Morgan fingerprint density at radius 2 is 1.76 bits per heavy atom. The maximum atomic E-state index is 5.59. The largest absolute Gasteiger partial charge is 0.334 e. The zero-order valence-electron chi connectivity index (χ0n) is 11.7. The molecule has 1 heterocycles. The van der Waals surface area contributed by atoms with E-state index < -0.39 is 0 Å². The molecule has 0 aliphatic rings. The van der Waals surface area contributed by atoms with E-state index in [0.29, 0.717) is 24.7 Å². The summed E-state index contributed by atoms with van der Waals surface area (Å²) in [5, 5.41) is 4.05. The first-order chi connectivity index (χ1) is 10.3. The van der Waals surface area contributed by atoms with Crippen molar-refractivity contribution in [2.24, 2.45) is 5.73 Å². The average molecular weight is 279 g/mol. The zero-order valence-corrected chi connectivity index (χ0v) is 11.7. The standard InChI is InChI=1S/C17H17N3O/c18-10-9-14-7-4-8-15(11-14)17-19-16(20-21-17)12-13-5-2-1-3-6-13/h1-8,11H,9-10,12,18H2. The van der Waals surface area contributed by atoms with Crippen LogP contribution in [-0.4, -0.2) is 16.7 Å². The molecule has 0 radical (unpaired) electrons. The second-order valence-corrected chi connectivity index (χ2v) is 4.92. The van der Waals surface area contributed by atoms with Crippen LogP contribution in [-0.2, 0) is 12.8 Å². The highest BCUT2D eigenvalue weighted by Crippen LogP contribution is 2.19. The van der Waals surface area contributed by atoms with Crippen LogP contribution in [0.5, 0.6) is 0 Å². The molecule has 0 unspecified atom stereocenters. The second kappa shape index (κ2) is 6.33. The molecule has 0 saturated heterocycles. The molecule has 3 rings (SSSR count). The van der Waals surface area contributed by atoms with Gasteiger partial charge < -0.3 is 10.3 Å². The van der Waals surface area contributed by atoms with E-state index in [-0.39, 0.29) is 0 Å². The minimum atomic E-state index is 0.555. The van der Waals surface area contributed by atoms with E-state index >= 15 is 0 Å². The van der Waals surface area contributed by atoms with Crippen molar-refractivity contribution in [2.75, 3.05) is 6.54 Å². The van der Waals surface area contributed by atoms with Crippen LogP contribution in [0.2, 0.25) is 0 Å². The third-order valence-electron chi connectivity index (χ3n) is 3.28. The maximum absolute atomic E-state index is 5.59. The molecule has 0 bridgehead atoms. The molecule has 0 spiro atoms. The van der Waals surface area contributed by atoms with Crippen molar-refractivity contribution in [2.45, 2.75) is 12.8 Å². The van der Waals surface area contributed by atoms with Crippen LogP contribution < -0.4 is 5.73 Å². The zero-order chi connectivity index (χ0) is 14.5. The molecular formula is C17H17N3O. The summed E-state index contributed by atoms with van der Waals surface area (Å²) in [6, 6.07) is 18.2. The monoisotopic (exact) mass is 279 g/mol. The number of hydrogen-bond donors (Lipinski definition) is 1. The van der Waals surface area contributed by atoms with Gasteiger partial charge in [0.25, 0.3) is 5.89 Å². The van der Waals surface area contributed by atoms with Crippen molar-refractivity contribution in [3.63, 3.8) is 0 Å². The van der Waals surface area contributed by atoms with E-state index in [1.54, 1.807) is 0 Å². The van der Waals surface area contributed by atoms with Crippen molar-refractivity contribution in [3.05, 3.63) is 71.5 Å². The quantitative estimate of drug-likeness (QED) is 0.780. The summed E-state index contributed by atoms with van der Waals surface area (Å²) in [5.41, 5.74) is 8.87. The van der Waals surface area contributed by atoms with Gasteiger partial charge in [0.05, 0.1) is 0 Å². The number of aromatic nitrogens is 2. The predicted octanol–water partition coefficient (Wildman–Crippen LogP) is 2.83. The van der Waals surface area contributed by atoms with E-state index in [2.05, 4.69) is 28.3 Å². The van der Waals surface area contributed by atoms with Gasteiger partial charge in [-0.1, -0.05) is 47.6 Å². The fourth-order valence-electron chi connectivity index (χ4n) is 2.25. The molecule has 0 saturated carbocycles. The summed E-state index contributed by atoms with van der Waals surface area (Å²) in [5.74, 6) is 1.25. The molecule has 0 fully saturated rings. The second-order valence-electron chi connectivity index (χ2n) is 4.92. The maximum Gasteiger partial charge on any atom is 0.257 e. The third-order valence-corrected chi connectivity index (χ3v) is 3.28. The first kappa shape index (κ1) is 13.5. The highest BCUT2D eigenvalue weighted by Gasteiger charge is 2.09. The summed E-state index contributed by atoms with van der Waals surface area (Å²) >= 11 is 0. The Bertz CT molecular complexity index is 707.